The van der Waals surface area contributed by atoms with Crippen molar-refractivity contribution in [2.24, 2.45) is 0 Å². The Hall–Kier alpha value is -2.37. The zero-order valence-electron chi connectivity index (χ0n) is 16.5. The molecular formula is C19H22F2N4O4S. The van der Waals surface area contributed by atoms with Gasteiger partial charge in [-0.15, -0.1) is 0 Å². The van der Waals surface area contributed by atoms with E-state index < -0.39 is 21.7 Å². The monoisotopic (exact) mass is 440 g/mol. The average molecular weight is 440 g/mol. The number of benzene rings is 1. The zero-order chi connectivity index (χ0) is 21.3. The van der Waals surface area contributed by atoms with Crippen molar-refractivity contribution in [3.8, 4) is 11.6 Å². The lowest BCUT2D eigenvalue weighted by Gasteiger charge is -2.31. The van der Waals surface area contributed by atoms with Crippen molar-refractivity contribution in [1.29, 1.82) is 0 Å². The van der Waals surface area contributed by atoms with Gasteiger partial charge in [0.2, 0.25) is 21.9 Å². The number of sulfonamides is 1. The van der Waals surface area contributed by atoms with Crippen molar-refractivity contribution >= 4 is 16.0 Å². The van der Waals surface area contributed by atoms with E-state index in [1.807, 2.05) is 4.90 Å². The molecule has 2 aliphatic heterocycles. The molecule has 0 N–H and O–H groups in total. The van der Waals surface area contributed by atoms with E-state index in [1.165, 1.54) is 10.4 Å². The van der Waals surface area contributed by atoms with E-state index in [9.17, 15) is 17.2 Å². The predicted octanol–water partition coefficient (Wildman–Crippen LogP) is 2.09. The van der Waals surface area contributed by atoms with Crippen molar-refractivity contribution in [3.63, 3.8) is 0 Å². The Bertz CT molecular complexity index is 1050. The number of hydrogen-bond acceptors (Lipinski definition) is 7. The zero-order valence-corrected chi connectivity index (χ0v) is 17.3. The van der Waals surface area contributed by atoms with E-state index in [-0.39, 0.29) is 23.9 Å². The summed E-state index contributed by atoms with van der Waals surface area (Å²) >= 11 is 0. The van der Waals surface area contributed by atoms with Gasteiger partial charge in [-0.2, -0.15) is 9.29 Å². The van der Waals surface area contributed by atoms with E-state index in [0.717, 1.165) is 12.1 Å². The van der Waals surface area contributed by atoms with E-state index in [2.05, 4.69) is 9.97 Å². The largest absolute Gasteiger partial charge is 0.435 e. The third kappa shape index (κ3) is 4.23. The van der Waals surface area contributed by atoms with Crippen LogP contribution in [0.2, 0.25) is 0 Å². The van der Waals surface area contributed by atoms with Crippen molar-refractivity contribution in [1.82, 2.24) is 14.3 Å². The summed E-state index contributed by atoms with van der Waals surface area (Å²) in [6.07, 6.45) is 0.386. The fourth-order valence-corrected chi connectivity index (χ4v) is 4.48. The topological polar surface area (TPSA) is 84.9 Å². The van der Waals surface area contributed by atoms with Crippen LogP contribution in [-0.4, -0.2) is 61.3 Å². The van der Waals surface area contributed by atoms with E-state index in [4.69, 9.17) is 9.47 Å². The van der Waals surface area contributed by atoms with Gasteiger partial charge in [0.25, 0.3) is 0 Å². The minimum absolute atomic E-state index is 0.0299. The minimum atomic E-state index is -3.43. The second kappa shape index (κ2) is 8.40. The molecule has 2 aromatic rings. The molecule has 1 fully saturated rings. The van der Waals surface area contributed by atoms with E-state index in [1.54, 1.807) is 6.92 Å². The van der Waals surface area contributed by atoms with Crippen LogP contribution in [-0.2, 0) is 27.7 Å². The van der Waals surface area contributed by atoms with Crippen LogP contribution >= 0.6 is 0 Å². The number of ether oxygens (including phenoxy) is 2. The first-order chi connectivity index (χ1) is 14.4. The van der Waals surface area contributed by atoms with Gasteiger partial charge in [0.15, 0.2) is 11.6 Å². The lowest BCUT2D eigenvalue weighted by Crippen LogP contribution is -2.40. The number of nitrogens with zero attached hydrogens (tertiary/aromatic N) is 4. The first kappa shape index (κ1) is 20.9. The lowest BCUT2D eigenvalue weighted by atomic mass is 10.1. The van der Waals surface area contributed by atoms with Crippen molar-refractivity contribution in [2.45, 2.75) is 19.9 Å². The summed E-state index contributed by atoms with van der Waals surface area (Å²) in [5.74, 6) is -1.33. The highest BCUT2D eigenvalue weighted by Crippen LogP contribution is 2.33. The molecule has 2 aliphatic rings. The van der Waals surface area contributed by atoms with Crippen molar-refractivity contribution in [2.75, 3.05) is 43.5 Å². The molecule has 8 nitrogen and oxygen atoms in total. The van der Waals surface area contributed by atoms with Crippen LogP contribution in [0.1, 0.15) is 18.2 Å². The predicted molar refractivity (Wildman–Crippen MR) is 105 cm³/mol. The summed E-state index contributed by atoms with van der Waals surface area (Å²) in [4.78, 5) is 11.0. The number of anilines is 1. The van der Waals surface area contributed by atoms with Crippen molar-refractivity contribution < 1.29 is 26.7 Å². The van der Waals surface area contributed by atoms with Crippen molar-refractivity contribution in [3.05, 3.63) is 41.1 Å². The average Bonchev–Trinajstić information content (AvgIpc) is 2.75. The van der Waals surface area contributed by atoms with Gasteiger partial charge in [-0.1, -0.05) is 0 Å². The Kier molecular flexibility index (Phi) is 5.85. The molecule has 0 atom stereocenters. The summed E-state index contributed by atoms with van der Waals surface area (Å²) in [6, 6.07) is 2.99. The Morgan fingerprint density at radius 3 is 2.63 bits per heavy atom. The molecule has 1 aromatic heterocycles. The molecule has 3 heterocycles. The van der Waals surface area contributed by atoms with E-state index in [0.29, 0.717) is 56.5 Å². The van der Waals surface area contributed by atoms with Crippen LogP contribution in [0.25, 0.3) is 0 Å². The maximum Gasteiger partial charge on any atom is 0.229 e. The molecule has 0 amide bonds. The molecule has 0 spiro atoms. The molecule has 0 saturated carbocycles. The van der Waals surface area contributed by atoms with Gasteiger partial charge in [0.05, 0.1) is 30.2 Å². The number of fused-ring (bicyclic) bond motifs is 1. The highest BCUT2D eigenvalue weighted by Gasteiger charge is 2.31. The summed E-state index contributed by atoms with van der Waals surface area (Å²) in [5.41, 5.74) is 1.14. The molecule has 1 aromatic carbocycles. The molecule has 0 unspecified atom stereocenters. The normalized spacial score (nSPS) is 17.6. The molecule has 0 aliphatic carbocycles. The van der Waals surface area contributed by atoms with E-state index >= 15 is 0 Å². The van der Waals surface area contributed by atoms with Gasteiger partial charge in [0, 0.05) is 38.7 Å². The third-order valence-corrected chi connectivity index (χ3v) is 6.96. The second-order valence-electron chi connectivity index (χ2n) is 7.01. The molecule has 1 saturated heterocycles. The number of halogens is 2. The highest BCUT2D eigenvalue weighted by molar-refractivity contribution is 7.89. The molecule has 0 bridgehead atoms. The van der Waals surface area contributed by atoms with Crippen LogP contribution < -0.4 is 9.64 Å². The first-order valence-electron chi connectivity index (χ1n) is 9.70. The Morgan fingerprint density at radius 2 is 1.93 bits per heavy atom. The minimum Gasteiger partial charge on any atom is -0.435 e. The highest BCUT2D eigenvalue weighted by atomic mass is 32.2. The van der Waals surface area contributed by atoms with Crippen LogP contribution in [0, 0.1) is 11.6 Å². The SMILES string of the molecule is CCS(=O)(=O)N1CCc2nc(N3CCOCC3)nc(Oc3ccc(F)cc3F)c2C1. The Labute approximate surface area is 173 Å². The number of morpholine rings is 1. The van der Waals surface area contributed by atoms with Gasteiger partial charge in [-0.05, 0) is 19.1 Å². The van der Waals surface area contributed by atoms with Crippen LogP contribution in [0.4, 0.5) is 14.7 Å². The molecule has 0 radical (unpaired) electrons. The van der Waals surface area contributed by atoms with Crippen LogP contribution in [0.3, 0.4) is 0 Å². The van der Waals surface area contributed by atoms with Gasteiger partial charge in [-0.3, -0.25) is 0 Å². The molecule has 4 rings (SSSR count). The second-order valence-corrected chi connectivity index (χ2v) is 9.27. The number of aromatic nitrogens is 2. The maximum absolute atomic E-state index is 14.2. The van der Waals surface area contributed by atoms with Gasteiger partial charge >= 0.3 is 0 Å². The van der Waals surface area contributed by atoms with Crippen LogP contribution in [0.5, 0.6) is 11.6 Å². The summed E-state index contributed by atoms with van der Waals surface area (Å²) in [7, 11) is -3.43. The summed E-state index contributed by atoms with van der Waals surface area (Å²) < 4.78 is 64.6. The first-order valence-corrected chi connectivity index (χ1v) is 11.3. The molecular weight excluding hydrogens is 418 g/mol. The summed E-state index contributed by atoms with van der Waals surface area (Å²) in [5, 5.41) is 0. The standard InChI is InChI=1S/C19H22F2N4O4S/c1-2-30(26,27)25-6-5-16-14(12-25)18(29-17-4-3-13(20)11-15(17)21)23-19(22-16)24-7-9-28-10-8-24/h3-4,11H,2,5-10,12H2,1H3. The Balaban J connectivity index is 1.75. The summed E-state index contributed by atoms with van der Waals surface area (Å²) in [6.45, 7) is 4.17. The van der Waals surface area contributed by atoms with Gasteiger partial charge in [0.1, 0.15) is 5.82 Å². The lowest BCUT2D eigenvalue weighted by molar-refractivity contribution is 0.122. The fourth-order valence-electron chi connectivity index (χ4n) is 3.42. The molecule has 162 valence electrons. The number of rotatable bonds is 5. The molecule has 30 heavy (non-hydrogen) atoms. The number of hydrogen-bond donors (Lipinski definition) is 0. The quantitative estimate of drug-likeness (QED) is 0.704. The van der Waals surface area contributed by atoms with Crippen LogP contribution in [0.15, 0.2) is 18.2 Å². The van der Waals surface area contributed by atoms with Gasteiger partial charge < -0.3 is 14.4 Å². The van der Waals surface area contributed by atoms with Gasteiger partial charge in [-0.25, -0.2) is 22.2 Å². The fraction of sp³-hybridized carbons (Fsp3) is 0.474. The maximum atomic E-state index is 14.2. The smallest absolute Gasteiger partial charge is 0.229 e. The Morgan fingerprint density at radius 1 is 1.17 bits per heavy atom. The molecule has 11 heteroatoms. The third-order valence-electron chi connectivity index (χ3n) is 5.13.